The summed E-state index contributed by atoms with van der Waals surface area (Å²) in [5, 5.41) is 2.40. The summed E-state index contributed by atoms with van der Waals surface area (Å²) in [6.45, 7) is 8.41. The molecule has 5 nitrogen and oxygen atoms in total. The second-order valence-corrected chi connectivity index (χ2v) is 4.01. The highest BCUT2D eigenvalue weighted by Crippen LogP contribution is 1.99. The predicted molar refractivity (Wildman–Crippen MR) is 74.1 cm³/mol. The molecule has 6 heteroatoms. The summed E-state index contributed by atoms with van der Waals surface area (Å²) in [6.07, 6.45) is 2.65. The van der Waals surface area contributed by atoms with Gasteiger partial charge < -0.3 is 9.64 Å². The van der Waals surface area contributed by atoms with Crippen molar-refractivity contribution in [2.75, 3.05) is 19.7 Å². The highest BCUT2D eigenvalue weighted by molar-refractivity contribution is 7.80. The quantitative estimate of drug-likeness (QED) is 0.430. The van der Waals surface area contributed by atoms with Crippen LogP contribution in [0, 0.1) is 0 Å². The smallest absolute Gasteiger partial charge is 0.263 e. The van der Waals surface area contributed by atoms with Crippen LogP contribution in [-0.4, -0.2) is 41.6 Å². The first-order valence-corrected chi connectivity index (χ1v) is 6.25. The standard InChI is InChI=1S/C12H20N2O3S/c1-4-8-14(5-2)11(16)7-6-9-17-12(18)13-10(3)15/h4H,1,5-9H2,2-3H3,(H,13,15,18). The highest BCUT2D eigenvalue weighted by atomic mass is 32.1. The third-order valence-electron chi connectivity index (χ3n) is 2.13. The summed E-state index contributed by atoms with van der Waals surface area (Å²) in [6, 6.07) is 0. The van der Waals surface area contributed by atoms with Gasteiger partial charge in [-0.1, -0.05) is 6.08 Å². The summed E-state index contributed by atoms with van der Waals surface area (Å²) >= 11 is 4.76. The van der Waals surface area contributed by atoms with Gasteiger partial charge in [0.1, 0.15) is 0 Å². The summed E-state index contributed by atoms with van der Waals surface area (Å²) in [4.78, 5) is 24.1. The van der Waals surface area contributed by atoms with E-state index in [4.69, 9.17) is 17.0 Å². The van der Waals surface area contributed by atoms with E-state index in [2.05, 4.69) is 11.9 Å². The van der Waals surface area contributed by atoms with Crippen LogP contribution in [0.2, 0.25) is 0 Å². The Morgan fingerprint density at radius 3 is 2.67 bits per heavy atom. The van der Waals surface area contributed by atoms with Gasteiger partial charge in [-0.15, -0.1) is 6.58 Å². The zero-order chi connectivity index (χ0) is 14.0. The Bertz CT molecular complexity index is 318. The first kappa shape index (κ1) is 16.6. The van der Waals surface area contributed by atoms with Gasteiger partial charge in [0.2, 0.25) is 11.8 Å². The fourth-order valence-electron chi connectivity index (χ4n) is 1.29. The lowest BCUT2D eigenvalue weighted by molar-refractivity contribution is -0.130. The van der Waals surface area contributed by atoms with Crippen LogP contribution < -0.4 is 5.32 Å². The van der Waals surface area contributed by atoms with Crippen LogP contribution in [0.15, 0.2) is 12.7 Å². The number of carbonyl (C=O) groups is 2. The van der Waals surface area contributed by atoms with Crippen molar-refractivity contribution in [2.45, 2.75) is 26.7 Å². The topological polar surface area (TPSA) is 58.6 Å². The summed E-state index contributed by atoms with van der Waals surface area (Å²) in [5.74, 6) is -0.203. The van der Waals surface area contributed by atoms with Crippen LogP contribution in [0.1, 0.15) is 26.7 Å². The average molecular weight is 272 g/mol. The van der Waals surface area contributed by atoms with Gasteiger partial charge in [0.05, 0.1) is 6.61 Å². The van der Waals surface area contributed by atoms with E-state index in [9.17, 15) is 9.59 Å². The second kappa shape index (κ2) is 9.58. The van der Waals surface area contributed by atoms with Crippen molar-refractivity contribution in [3.05, 3.63) is 12.7 Å². The van der Waals surface area contributed by atoms with Crippen molar-refractivity contribution in [1.29, 1.82) is 0 Å². The number of hydrogen-bond donors (Lipinski definition) is 1. The third kappa shape index (κ3) is 7.78. The summed E-state index contributed by atoms with van der Waals surface area (Å²) in [7, 11) is 0. The van der Waals surface area contributed by atoms with Gasteiger partial charge in [0, 0.05) is 26.4 Å². The summed E-state index contributed by atoms with van der Waals surface area (Å²) < 4.78 is 5.09. The van der Waals surface area contributed by atoms with Crippen LogP contribution in [-0.2, 0) is 14.3 Å². The molecular weight excluding hydrogens is 252 g/mol. The minimum absolute atomic E-state index is 0.0494. The number of nitrogens with zero attached hydrogens (tertiary/aromatic N) is 1. The van der Waals surface area contributed by atoms with E-state index in [0.717, 1.165) is 0 Å². The van der Waals surface area contributed by atoms with Crippen molar-refractivity contribution >= 4 is 29.2 Å². The molecule has 2 amide bonds. The lowest BCUT2D eigenvalue weighted by atomic mass is 10.3. The third-order valence-corrected chi connectivity index (χ3v) is 2.35. The normalized spacial score (nSPS) is 9.44. The molecule has 0 aromatic heterocycles. The van der Waals surface area contributed by atoms with Gasteiger partial charge in [-0.2, -0.15) is 0 Å². The molecule has 0 fully saturated rings. The number of amides is 2. The molecule has 102 valence electrons. The number of likely N-dealkylation sites (N-methyl/N-ethyl adjacent to an activating group) is 1. The van der Waals surface area contributed by atoms with Crippen LogP contribution >= 0.6 is 12.2 Å². The van der Waals surface area contributed by atoms with Crippen LogP contribution in [0.25, 0.3) is 0 Å². The van der Waals surface area contributed by atoms with E-state index in [-0.39, 0.29) is 17.0 Å². The number of rotatable bonds is 7. The van der Waals surface area contributed by atoms with E-state index >= 15 is 0 Å². The molecule has 0 aromatic rings. The molecule has 0 radical (unpaired) electrons. The monoisotopic (exact) mass is 272 g/mol. The second-order valence-electron chi connectivity index (χ2n) is 3.64. The minimum Gasteiger partial charge on any atom is -0.471 e. The fraction of sp³-hybridized carbons (Fsp3) is 0.583. The Morgan fingerprint density at radius 2 is 2.17 bits per heavy atom. The van der Waals surface area contributed by atoms with Crippen molar-refractivity contribution < 1.29 is 14.3 Å². The SMILES string of the molecule is C=CCN(CC)C(=O)CCCOC(=S)NC(C)=O. The zero-order valence-corrected chi connectivity index (χ0v) is 11.7. The number of hydrogen-bond acceptors (Lipinski definition) is 4. The van der Waals surface area contributed by atoms with E-state index < -0.39 is 0 Å². The number of thiocarbonyl (C=S) groups is 1. The highest BCUT2D eigenvalue weighted by Gasteiger charge is 2.09. The predicted octanol–water partition coefficient (Wildman–Crippen LogP) is 1.24. The molecule has 0 atom stereocenters. The zero-order valence-electron chi connectivity index (χ0n) is 10.9. The average Bonchev–Trinajstić information content (AvgIpc) is 2.30. The Labute approximate surface area is 113 Å². The van der Waals surface area contributed by atoms with Gasteiger partial charge >= 0.3 is 0 Å². The molecule has 1 N–H and O–H groups in total. The molecule has 0 spiro atoms. The minimum atomic E-state index is -0.265. The molecule has 0 unspecified atom stereocenters. The van der Waals surface area contributed by atoms with Crippen molar-refractivity contribution in [1.82, 2.24) is 10.2 Å². The first-order chi connectivity index (χ1) is 8.51. The molecule has 0 aromatic carbocycles. The molecule has 0 aliphatic carbocycles. The molecule has 0 saturated heterocycles. The maximum absolute atomic E-state index is 11.7. The van der Waals surface area contributed by atoms with Gasteiger partial charge in [-0.05, 0) is 25.6 Å². The van der Waals surface area contributed by atoms with Crippen LogP contribution in [0.3, 0.4) is 0 Å². The van der Waals surface area contributed by atoms with E-state index in [1.807, 2.05) is 6.92 Å². The Kier molecular flexibility index (Phi) is 8.82. The van der Waals surface area contributed by atoms with Gasteiger partial charge in [-0.3, -0.25) is 14.9 Å². The largest absolute Gasteiger partial charge is 0.471 e. The van der Waals surface area contributed by atoms with E-state index in [1.54, 1.807) is 11.0 Å². The van der Waals surface area contributed by atoms with Gasteiger partial charge in [-0.25, -0.2) is 0 Å². The van der Waals surface area contributed by atoms with Gasteiger partial charge in [0.25, 0.3) is 5.17 Å². The molecule has 0 aliphatic heterocycles. The number of nitrogens with one attached hydrogen (secondary N) is 1. The molecule has 0 aliphatic rings. The van der Waals surface area contributed by atoms with Crippen molar-refractivity contribution in [3.63, 3.8) is 0 Å². The van der Waals surface area contributed by atoms with Crippen LogP contribution in [0.4, 0.5) is 0 Å². The Balaban J connectivity index is 3.77. The summed E-state index contributed by atoms with van der Waals surface area (Å²) in [5.41, 5.74) is 0. The Hall–Kier alpha value is -1.43. The molecule has 0 saturated carbocycles. The lowest BCUT2D eigenvalue weighted by Gasteiger charge is -2.18. The maximum atomic E-state index is 11.7. The number of carbonyl (C=O) groups excluding carboxylic acids is 2. The Morgan fingerprint density at radius 1 is 1.50 bits per heavy atom. The molecule has 0 heterocycles. The first-order valence-electron chi connectivity index (χ1n) is 5.84. The lowest BCUT2D eigenvalue weighted by Crippen LogP contribution is -2.31. The molecule has 0 rings (SSSR count). The molecular formula is C12H20N2O3S. The molecule has 18 heavy (non-hydrogen) atoms. The molecule has 0 bridgehead atoms. The van der Waals surface area contributed by atoms with E-state index in [0.29, 0.717) is 32.5 Å². The van der Waals surface area contributed by atoms with Crippen molar-refractivity contribution in [2.24, 2.45) is 0 Å². The fourth-order valence-corrected chi connectivity index (χ4v) is 1.52. The van der Waals surface area contributed by atoms with Crippen molar-refractivity contribution in [3.8, 4) is 0 Å². The van der Waals surface area contributed by atoms with Crippen LogP contribution in [0.5, 0.6) is 0 Å². The number of ether oxygens (including phenoxy) is 1. The van der Waals surface area contributed by atoms with E-state index in [1.165, 1.54) is 6.92 Å². The van der Waals surface area contributed by atoms with Gasteiger partial charge in [0.15, 0.2) is 0 Å². The maximum Gasteiger partial charge on any atom is 0.263 e.